The van der Waals surface area contributed by atoms with Crippen LogP contribution in [0.1, 0.15) is 60.3 Å². The molecule has 0 radical (unpaired) electrons. The standard InChI is InChI=1S/C23H28N6OS/c1-12(2)19-20(15-7-13(3)22-25-11-26-29(22)9-15)27-17-8-18(31-21(17)19)23(30)28-10-16(24)6-5-14(28)4/h7-9,11-12,14,16,27H,5-6,10,24H2,1-4H3/t14-,16+/m1/s1. The predicted molar refractivity (Wildman–Crippen MR) is 125 cm³/mol. The Morgan fingerprint density at radius 1 is 1.32 bits per heavy atom. The van der Waals surface area contributed by atoms with Gasteiger partial charge in [0.1, 0.15) is 6.33 Å². The number of pyridine rings is 1. The Balaban J connectivity index is 1.58. The zero-order valence-corrected chi connectivity index (χ0v) is 19.2. The molecule has 0 bridgehead atoms. The number of H-pyrrole nitrogens is 1. The van der Waals surface area contributed by atoms with Crippen LogP contribution in [0.25, 0.3) is 27.1 Å². The van der Waals surface area contributed by atoms with Crippen LogP contribution in [0.3, 0.4) is 0 Å². The van der Waals surface area contributed by atoms with Gasteiger partial charge in [0.25, 0.3) is 5.91 Å². The van der Waals surface area contributed by atoms with E-state index in [4.69, 9.17) is 5.73 Å². The fourth-order valence-electron chi connectivity index (χ4n) is 4.67. The molecule has 0 unspecified atom stereocenters. The summed E-state index contributed by atoms with van der Waals surface area (Å²) in [4.78, 5) is 23.9. The highest BCUT2D eigenvalue weighted by atomic mass is 32.1. The van der Waals surface area contributed by atoms with Crippen LogP contribution in [0.5, 0.6) is 0 Å². The lowest BCUT2D eigenvalue weighted by molar-refractivity contribution is 0.0618. The summed E-state index contributed by atoms with van der Waals surface area (Å²) < 4.78 is 2.97. The van der Waals surface area contributed by atoms with Crippen LogP contribution in [0, 0.1) is 6.92 Å². The normalized spacial score (nSPS) is 19.7. The second-order valence-corrected chi connectivity index (χ2v) is 10.1. The molecule has 0 spiro atoms. The molecule has 1 fully saturated rings. The number of aryl methyl sites for hydroxylation is 1. The molecule has 2 atom stereocenters. The van der Waals surface area contributed by atoms with Gasteiger partial charge in [0, 0.05) is 30.4 Å². The van der Waals surface area contributed by atoms with Crippen LogP contribution in [-0.2, 0) is 0 Å². The van der Waals surface area contributed by atoms with Gasteiger partial charge in [-0.25, -0.2) is 9.50 Å². The predicted octanol–water partition coefficient (Wildman–Crippen LogP) is 4.32. The number of hydrogen-bond donors (Lipinski definition) is 2. The van der Waals surface area contributed by atoms with Crippen molar-refractivity contribution >= 4 is 33.1 Å². The maximum atomic E-state index is 13.3. The number of nitrogens with two attached hydrogens (primary N) is 1. The summed E-state index contributed by atoms with van der Waals surface area (Å²) >= 11 is 1.58. The highest BCUT2D eigenvalue weighted by molar-refractivity contribution is 7.21. The number of likely N-dealkylation sites (tertiary alicyclic amines) is 1. The van der Waals surface area contributed by atoms with Crippen molar-refractivity contribution in [3.8, 4) is 11.3 Å². The SMILES string of the molecule is Cc1cc(-c2[nH]c3cc(C(=O)N4C[C@@H](N)CC[C@H]4C)sc3c2C(C)C)cn2ncnc12. The van der Waals surface area contributed by atoms with E-state index >= 15 is 0 Å². The lowest BCUT2D eigenvalue weighted by Gasteiger charge is -2.36. The quantitative estimate of drug-likeness (QED) is 0.500. The molecule has 5 heterocycles. The Labute approximate surface area is 185 Å². The smallest absolute Gasteiger partial charge is 0.264 e. The first kappa shape index (κ1) is 20.2. The molecular formula is C23H28N6OS. The number of nitrogens with one attached hydrogen (secondary N) is 1. The van der Waals surface area contributed by atoms with Crippen molar-refractivity contribution < 1.29 is 4.79 Å². The number of fused-ring (bicyclic) bond motifs is 2. The molecule has 1 aliphatic rings. The first-order valence-corrected chi connectivity index (χ1v) is 11.7. The van der Waals surface area contributed by atoms with Crippen molar-refractivity contribution in [2.75, 3.05) is 6.54 Å². The van der Waals surface area contributed by atoms with E-state index in [1.807, 2.05) is 21.7 Å². The van der Waals surface area contributed by atoms with Gasteiger partial charge in [-0.15, -0.1) is 11.3 Å². The summed E-state index contributed by atoms with van der Waals surface area (Å²) in [5.41, 5.74) is 12.5. The maximum absolute atomic E-state index is 13.3. The van der Waals surface area contributed by atoms with E-state index in [-0.39, 0.29) is 18.0 Å². The minimum absolute atomic E-state index is 0.0674. The number of hydrogen-bond acceptors (Lipinski definition) is 5. The Bertz CT molecular complexity index is 1280. The van der Waals surface area contributed by atoms with Crippen molar-refractivity contribution in [3.05, 3.63) is 40.7 Å². The van der Waals surface area contributed by atoms with Crippen molar-refractivity contribution in [1.29, 1.82) is 0 Å². The van der Waals surface area contributed by atoms with Crippen LogP contribution in [-0.4, -0.2) is 49.0 Å². The molecule has 4 aromatic heterocycles. The molecule has 5 rings (SSSR count). The van der Waals surface area contributed by atoms with Crippen LogP contribution < -0.4 is 5.73 Å². The topological polar surface area (TPSA) is 92.3 Å². The molecule has 1 aliphatic heterocycles. The summed E-state index contributed by atoms with van der Waals surface area (Å²) in [6.07, 6.45) is 5.53. The third-order valence-electron chi connectivity index (χ3n) is 6.32. The number of nitrogens with zero attached hydrogens (tertiary/aromatic N) is 4. The van der Waals surface area contributed by atoms with E-state index in [1.54, 1.807) is 17.7 Å². The van der Waals surface area contributed by atoms with Gasteiger partial charge in [-0.1, -0.05) is 13.8 Å². The lowest BCUT2D eigenvalue weighted by atomic mass is 9.99. The number of rotatable bonds is 3. The van der Waals surface area contributed by atoms with E-state index in [1.165, 1.54) is 5.56 Å². The molecule has 1 amide bonds. The van der Waals surface area contributed by atoms with Gasteiger partial charge in [-0.05, 0) is 55.9 Å². The van der Waals surface area contributed by atoms with Crippen molar-refractivity contribution in [2.24, 2.45) is 5.73 Å². The minimum atomic E-state index is 0.0674. The molecular weight excluding hydrogens is 408 g/mol. The zero-order chi connectivity index (χ0) is 21.9. The number of piperidine rings is 1. The van der Waals surface area contributed by atoms with E-state index in [2.05, 4.69) is 48.8 Å². The molecule has 0 saturated carbocycles. The molecule has 0 aliphatic carbocycles. The van der Waals surface area contributed by atoms with E-state index < -0.39 is 0 Å². The first-order chi connectivity index (χ1) is 14.8. The molecule has 4 aromatic rings. The van der Waals surface area contributed by atoms with Gasteiger partial charge in [-0.3, -0.25) is 4.79 Å². The van der Waals surface area contributed by atoms with Gasteiger partial charge in [-0.2, -0.15) is 5.10 Å². The molecule has 1 saturated heterocycles. The highest BCUT2D eigenvalue weighted by Gasteiger charge is 2.30. The fraction of sp³-hybridized carbons (Fsp3) is 0.435. The molecule has 3 N–H and O–H groups in total. The summed E-state index contributed by atoms with van der Waals surface area (Å²) in [7, 11) is 0. The Hall–Kier alpha value is -2.71. The summed E-state index contributed by atoms with van der Waals surface area (Å²) in [6, 6.07) is 4.45. The Kier molecular flexibility index (Phi) is 4.86. The molecule has 31 heavy (non-hydrogen) atoms. The highest BCUT2D eigenvalue weighted by Crippen LogP contribution is 2.40. The Morgan fingerprint density at radius 3 is 2.90 bits per heavy atom. The molecule has 7 nitrogen and oxygen atoms in total. The van der Waals surface area contributed by atoms with Crippen molar-refractivity contribution in [3.63, 3.8) is 0 Å². The number of aromatic nitrogens is 4. The number of amides is 1. The number of thiophene rings is 1. The van der Waals surface area contributed by atoms with Crippen molar-refractivity contribution in [1.82, 2.24) is 24.5 Å². The van der Waals surface area contributed by atoms with Gasteiger partial charge < -0.3 is 15.6 Å². The van der Waals surface area contributed by atoms with E-state index in [0.717, 1.165) is 50.4 Å². The third-order valence-corrected chi connectivity index (χ3v) is 7.48. The summed E-state index contributed by atoms with van der Waals surface area (Å²) in [5, 5.41) is 4.32. The minimum Gasteiger partial charge on any atom is -0.354 e. The summed E-state index contributed by atoms with van der Waals surface area (Å²) in [5.74, 6) is 0.396. The van der Waals surface area contributed by atoms with Crippen LogP contribution in [0.2, 0.25) is 0 Å². The van der Waals surface area contributed by atoms with Gasteiger partial charge in [0.05, 0.1) is 20.8 Å². The van der Waals surface area contributed by atoms with Crippen LogP contribution in [0.4, 0.5) is 0 Å². The second-order valence-electron chi connectivity index (χ2n) is 9.01. The number of carbonyl (C=O) groups excluding carboxylic acids is 1. The van der Waals surface area contributed by atoms with Crippen LogP contribution in [0.15, 0.2) is 24.7 Å². The lowest BCUT2D eigenvalue weighted by Crippen LogP contribution is -2.50. The maximum Gasteiger partial charge on any atom is 0.264 e. The average molecular weight is 437 g/mol. The van der Waals surface area contributed by atoms with Crippen molar-refractivity contribution in [2.45, 2.75) is 58.5 Å². The average Bonchev–Trinajstić information content (AvgIpc) is 3.42. The molecule has 162 valence electrons. The molecule has 8 heteroatoms. The van der Waals surface area contributed by atoms with E-state index in [9.17, 15) is 4.79 Å². The fourth-order valence-corrected chi connectivity index (χ4v) is 5.94. The zero-order valence-electron chi connectivity index (χ0n) is 18.3. The van der Waals surface area contributed by atoms with Gasteiger partial charge >= 0.3 is 0 Å². The first-order valence-electron chi connectivity index (χ1n) is 10.9. The summed E-state index contributed by atoms with van der Waals surface area (Å²) in [6.45, 7) is 9.18. The largest absolute Gasteiger partial charge is 0.354 e. The van der Waals surface area contributed by atoms with E-state index in [0.29, 0.717) is 12.5 Å². The molecule has 0 aromatic carbocycles. The van der Waals surface area contributed by atoms with Gasteiger partial charge in [0.15, 0.2) is 5.65 Å². The van der Waals surface area contributed by atoms with Gasteiger partial charge in [0.2, 0.25) is 0 Å². The number of aromatic amines is 1. The third kappa shape index (κ3) is 3.34. The Morgan fingerprint density at radius 2 is 2.13 bits per heavy atom. The number of carbonyl (C=O) groups is 1. The van der Waals surface area contributed by atoms with Crippen LogP contribution >= 0.6 is 11.3 Å². The monoisotopic (exact) mass is 436 g/mol. The second kappa shape index (κ2) is 7.46.